The highest BCUT2D eigenvalue weighted by molar-refractivity contribution is 5.96. The van der Waals surface area contributed by atoms with Gasteiger partial charge in [-0.25, -0.2) is 0 Å². The molecule has 5 aliphatic carbocycles. The van der Waals surface area contributed by atoms with Gasteiger partial charge in [-0.1, -0.05) is 6.92 Å². The van der Waals surface area contributed by atoms with E-state index in [1.807, 2.05) is 0 Å². The van der Waals surface area contributed by atoms with Gasteiger partial charge >= 0.3 is 0 Å². The maximum Gasteiger partial charge on any atom is 0.168 e. The fraction of sp³-hybridized carbons (Fsp3) is 0.917. The first-order valence-electron chi connectivity index (χ1n) is 5.94. The number of aliphatic hydroxyl groups is 1. The van der Waals surface area contributed by atoms with Crippen molar-refractivity contribution in [3.8, 4) is 0 Å². The molecule has 0 aromatic heterocycles. The average molecular weight is 190 g/mol. The molecule has 5 fully saturated rings. The SMILES string of the molecule is CC1C2C3CC4C2C2C(=O)C1(O)C3C42. The van der Waals surface area contributed by atoms with E-state index in [0.29, 0.717) is 29.6 Å². The van der Waals surface area contributed by atoms with Crippen molar-refractivity contribution < 1.29 is 9.90 Å². The van der Waals surface area contributed by atoms with Gasteiger partial charge in [-0.3, -0.25) is 4.79 Å². The molecule has 0 saturated heterocycles. The summed E-state index contributed by atoms with van der Waals surface area (Å²) in [5, 5.41) is 10.6. The second-order valence-electron chi connectivity index (χ2n) is 6.33. The van der Waals surface area contributed by atoms with Crippen molar-refractivity contribution in [2.24, 2.45) is 47.3 Å². The summed E-state index contributed by atoms with van der Waals surface area (Å²) in [6.07, 6.45) is 1.33. The van der Waals surface area contributed by atoms with Crippen molar-refractivity contribution in [2.75, 3.05) is 0 Å². The Morgan fingerprint density at radius 1 is 1.29 bits per heavy atom. The molecule has 2 heteroatoms. The van der Waals surface area contributed by atoms with Crippen LogP contribution >= 0.6 is 0 Å². The summed E-state index contributed by atoms with van der Waals surface area (Å²) in [4.78, 5) is 12.1. The van der Waals surface area contributed by atoms with Gasteiger partial charge in [-0.2, -0.15) is 0 Å². The first-order valence-corrected chi connectivity index (χ1v) is 5.94. The molecule has 0 heterocycles. The molecule has 2 nitrogen and oxygen atoms in total. The number of carbonyl (C=O) groups is 1. The molecule has 0 spiro atoms. The number of ketones is 1. The molecule has 5 saturated carbocycles. The van der Waals surface area contributed by atoms with Crippen molar-refractivity contribution >= 4 is 5.78 Å². The monoisotopic (exact) mass is 190 g/mol. The third kappa shape index (κ3) is 0.346. The second kappa shape index (κ2) is 1.51. The van der Waals surface area contributed by atoms with Gasteiger partial charge in [0.1, 0.15) is 5.60 Å². The van der Waals surface area contributed by atoms with Crippen LogP contribution < -0.4 is 0 Å². The molecule has 74 valence electrons. The smallest absolute Gasteiger partial charge is 0.168 e. The zero-order valence-corrected chi connectivity index (χ0v) is 8.18. The lowest BCUT2D eigenvalue weighted by Crippen LogP contribution is -2.55. The summed E-state index contributed by atoms with van der Waals surface area (Å²) in [6, 6.07) is 0. The van der Waals surface area contributed by atoms with E-state index >= 15 is 0 Å². The number of rotatable bonds is 0. The summed E-state index contributed by atoms with van der Waals surface area (Å²) in [7, 11) is 0. The zero-order valence-electron chi connectivity index (χ0n) is 8.18. The summed E-state index contributed by atoms with van der Waals surface area (Å²) in [6.45, 7) is 2.12. The Labute approximate surface area is 82.7 Å². The van der Waals surface area contributed by atoms with Crippen LogP contribution in [0.5, 0.6) is 0 Å². The molecule has 14 heavy (non-hydrogen) atoms. The number of hydrogen-bond donors (Lipinski definition) is 1. The summed E-state index contributed by atoms with van der Waals surface area (Å²) >= 11 is 0. The Kier molecular flexibility index (Phi) is 0.755. The summed E-state index contributed by atoms with van der Waals surface area (Å²) < 4.78 is 0. The van der Waals surface area contributed by atoms with Crippen molar-refractivity contribution in [3.63, 3.8) is 0 Å². The topological polar surface area (TPSA) is 37.3 Å². The fourth-order valence-electron chi connectivity index (χ4n) is 6.58. The minimum atomic E-state index is -0.869. The number of Topliss-reactive ketones (excluding diaryl/α,β-unsaturated/α-hetero) is 1. The largest absolute Gasteiger partial charge is 0.381 e. The molecule has 2 bridgehead atoms. The normalized spacial score (nSPS) is 80.3. The van der Waals surface area contributed by atoms with Crippen LogP contribution in [0.25, 0.3) is 0 Å². The van der Waals surface area contributed by atoms with E-state index in [1.54, 1.807) is 0 Å². The van der Waals surface area contributed by atoms with Crippen molar-refractivity contribution in [3.05, 3.63) is 0 Å². The predicted octanol–water partition coefficient (Wildman–Crippen LogP) is 0.694. The highest BCUT2D eigenvalue weighted by atomic mass is 16.3. The van der Waals surface area contributed by atoms with Gasteiger partial charge in [0, 0.05) is 11.8 Å². The second-order valence-corrected chi connectivity index (χ2v) is 6.33. The molecule has 0 amide bonds. The van der Waals surface area contributed by atoms with Crippen LogP contribution in [0.2, 0.25) is 0 Å². The maximum absolute atomic E-state index is 12.1. The van der Waals surface area contributed by atoms with Gasteiger partial charge in [0.2, 0.25) is 0 Å². The van der Waals surface area contributed by atoms with Crippen molar-refractivity contribution in [1.82, 2.24) is 0 Å². The predicted molar refractivity (Wildman–Crippen MR) is 48.2 cm³/mol. The van der Waals surface area contributed by atoms with Crippen LogP contribution in [0.3, 0.4) is 0 Å². The highest BCUT2D eigenvalue weighted by Gasteiger charge is 2.87. The lowest BCUT2D eigenvalue weighted by Gasteiger charge is -2.51. The first kappa shape index (κ1) is 7.00. The first-order chi connectivity index (χ1) is 6.67. The maximum atomic E-state index is 12.1. The molecule has 9 unspecified atom stereocenters. The Morgan fingerprint density at radius 2 is 2.07 bits per heavy atom. The molecule has 0 radical (unpaired) electrons. The van der Waals surface area contributed by atoms with E-state index in [4.69, 9.17) is 0 Å². The van der Waals surface area contributed by atoms with Crippen LogP contribution in [0, 0.1) is 47.3 Å². The van der Waals surface area contributed by atoms with E-state index in [9.17, 15) is 9.90 Å². The van der Waals surface area contributed by atoms with E-state index in [1.165, 1.54) is 6.42 Å². The highest BCUT2D eigenvalue weighted by Crippen LogP contribution is 2.84. The molecule has 1 N–H and O–H groups in total. The Balaban J connectivity index is 1.88. The minimum Gasteiger partial charge on any atom is -0.381 e. The molecular weight excluding hydrogens is 176 g/mol. The molecule has 0 aliphatic heterocycles. The number of hydrogen-bond acceptors (Lipinski definition) is 2. The minimum absolute atomic E-state index is 0.236. The number of fused-ring (bicyclic) bond motifs is 2. The van der Waals surface area contributed by atoms with E-state index < -0.39 is 5.60 Å². The lowest BCUT2D eigenvalue weighted by atomic mass is 9.51. The van der Waals surface area contributed by atoms with E-state index in [-0.39, 0.29) is 11.7 Å². The van der Waals surface area contributed by atoms with Crippen LogP contribution in [0.1, 0.15) is 13.3 Å². The number of carbonyl (C=O) groups excluding carboxylic acids is 1. The van der Waals surface area contributed by atoms with Gasteiger partial charge < -0.3 is 5.11 Å². The zero-order chi connectivity index (χ0) is 9.40. The van der Waals surface area contributed by atoms with Gasteiger partial charge in [0.05, 0.1) is 0 Å². The van der Waals surface area contributed by atoms with Gasteiger partial charge in [-0.05, 0) is 41.9 Å². The molecule has 0 aromatic carbocycles. The van der Waals surface area contributed by atoms with Crippen LogP contribution in [-0.2, 0) is 4.79 Å². The quantitative estimate of drug-likeness (QED) is 0.610. The standard InChI is InChI=1S/C12H14O2/c1-3-6-5-2-4-7(6)9-8(4)10(5)12(3,14)11(9)13/h3-10,14H,2H2,1H3. The van der Waals surface area contributed by atoms with Crippen molar-refractivity contribution in [1.29, 1.82) is 0 Å². The Hall–Kier alpha value is -0.370. The third-order valence-corrected chi connectivity index (χ3v) is 6.65. The van der Waals surface area contributed by atoms with Crippen LogP contribution in [0.4, 0.5) is 0 Å². The van der Waals surface area contributed by atoms with E-state index in [0.717, 1.165) is 11.8 Å². The summed E-state index contributed by atoms with van der Waals surface area (Å²) in [5.74, 6) is 4.77. The van der Waals surface area contributed by atoms with Gasteiger partial charge in [0.15, 0.2) is 5.78 Å². The molecule has 5 rings (SSSR count). The van der Waals surface area contributed by atoms with Gasteiger partial charge in [0.25, 0.3) is 0 Å². The molecule has 5 aliphatic rings. The van der Waals surface area contributed by atoms with Crippen LogP contribution in [0.15, 0.2) is 0 Å². The fourth-order valence-corrected chi connectivity index (χ4v) is 6.58. The van der Waals surface area contributed by atoms with Gasteiger partial charge in [-0.15, -0.1) is 0 Å². The third-order valence-electron chi connectivity index (χ3n) is 6.65. The van der Waals surface area contributed by atoms with Crippen molar-refractivity contribution in [2.45, 2.75) is 18.9 Å². The Morgan fingerprint density at radius 3 is 2.86 bits per heavy atom. The van der Waals surface area contributed by atoms with E-state index in [2.05, 4.69) is 6.92 Å². The summed E-state index contributed by atoms with van der Waals surface area (Å²) in [5.41, 5.74) is -0.869. The lowest BCUT2D eigenvalue weighted by molar-refractivity contribution is -0.155. The average Bonchev–Trinajstić information content (AvgIpc) is 2.71. The molecular formula is C12H14O2. The molecule has 9 atom stereocenters. The van der Waals surface area contributed by atoms with Crippen LogP contribution in [-0.4, -0.2) is 16.5 Å². The molecule has 0 aromatic rings. The Bertz CT molecular complexity index is 384.